The van der Waals surface area contributed by atoms with Crippen molar-refractivity contribution in [2.24, 2.45) is 5.73 Å². The molecule has 0 bridgehead atoms. The number of hydrogen-bond acceptors (Lipinski definition) is 2. The Balaban J connectivity index is 2.24. The van der Waals surface area contributed by atoms with E-state index in [4.69, 9.17) is 10.5 Å². The van der Waals surface area contributed by atoms with Gasteiger partial charge < -0.3 is 10.5 Å². The van der Waals surface area contributed by atoms with Crippen molar-refractivity contribution in [3.63, 3.8) is 0 Å². The minimum absolute atomic E-state index is 0.298. The number of ether oxygens (including phenoxy) is 1. The van der Waals surface area contributed by atoms with E-state index >= 15 is 0 Å². The highest BCUT2D eigenvalue weighted by Gasteiger charge is 2.29. The lowest BCUT2D eigenvalue weighted by Gasteiger charge is -2.15. The molecule has 0 saturated carbocycles. The van der Waals surface area contributed by atoms with Crippen molar-refractivity contribution in [3.8, 4) is 5.75 Å². The Hall–Kier alpha value is -1.02. The molecule has 0 spiro atoms. The standard InChI is InChI=1S/C14H21NO/c1-3-5-13-12-7-6-11(16-4-2)8-10(12)9-14(13)15/h6-8,13-14H,3-5,9,15H2,1-2H3. The van der Waals surface area contributed by atoms with E-state index in [1.54, 1.807) is 0 Å². The molecule has 0 saturated heterocycles. The summed E-state index contributed by atoms with van der Waals surface area (Å²) < 4.78 is 5.52. The highest BCUT2D eigenvalue weighted by atomic mass is 16.5. The molecule has 16 heavy (non-hydrogen) atoms. The molecular weight excluding hydrogens is 198 g/mol. The van der Waals surface area contributed by atoms with Crippen molar-refractivity contribution in [1.82, 2.24) is 0 Å². The van der Waals surface area contributed by atoms with Gasteiger partial charge in [0.1, 0.15) is 5.75 Å². The molecule has 0 radical (unpaired) electrons. The number of benzene rings is 1. The maximum Gasteiger partial charge on any atom is 0.119 e. The predicted molar refractivity (Wildman–Crippen MR) is 66.9 cm³/mol. The zero-order valence-electron chi connectivity index (χ0n) is 10.2. The Morgan fingerprint density at radius 1 is 1.38 bits per heavy atom. The van der Waals surface area contributed by atoms with Gasteiger partial charge >= 0.3 is 0 Å². The Labute approximate surface area is 97.8 Å². The van der Waals surface area contributed by atoms with Crippen LogP contribution in [0.1, 0.15) is 43.7 Å². The molecule has 1 aromatic carbocycles. The summed E-state index contributed by atoms with van der Waals surface area (Å²) in [5, 5.41) is 0. The molecule has 2 nitrogen and oxygen atoms in total. The van der Waals surface area contributed by atoms with Crippen LogP contribution in [0.2, 0.25) is 0 Å². The van der Waals surface area contributed by atoms with Crippen LogP contribution < -0.4 is 10.5 Å². The first kappa shape index (κ1) is 11.5. The smallest absolute Gasteiger partial charge is 0.119 e. The molecule has 0 amide bonds. The Bertz CT molecular complexity index is 362. The second-order valence-corrected chi connectivity index (χ2v) is 4.56. The molecule has 2 unspecified atom stereocenters. The first-order valence-corrected chi connectivity index (χ1v) is 6.27. The lowest BCUT2D eigenvalue weighted by molar-refractivity contribution is 0.340. The SMILES string of the molecule is CCCC1c2ccc(OCC)cc2CC1N. The summed E-state index contributed by atoms with van der Waals surface area (Å²) in [7, 11) is 0. The maximum atomic E-state index is 6.20. The number of fused-ring (bicyclic) bond motifs is 1. The summed E-state index contributed by atoms with van der Waals surface area (Å²) in [5.41, 5.74) is 9.03. The molecule has 0 fully saturated rings. The zero-order chi connectivity index (χ0) is 11.5. The lowest BCUT2D eigenvalue weighted by atomic mass is 9.94. The van der Waals surface area contributed by atoms with E-state index < -0.39 is 0 Å². The van der Waals surface area contributed by atoms with Gasteiger partial charge in [-0.05, 0) is 48.9 Å². The van der Waals surface area contributed by atoms with Crippen molar-refractivity contribution in [2.75, 3.05) is 6.61 Å². The first-order chi connectivity index (χ1) is 7.76. The lowest BCUT2D eigenvalue weighted by Crippen LogP contribution is -2.24. The maximum absolute atomic E-state index is 6.20. The average Bonchev–Trinajstić information content (AvgIpc) is 2.56. The highest BCUT2D eigenvalue weighted by molar-refractivity contribution is 5.42. The zero-order valence-corrected chi connectivity index (χ0v) is 10.2. The van der Waals surface area contributed by atoms with Crippen LogP contribution in [0.3, 0.4) is 0 Å². The third kappa shape index (κ3) is 2.07. The van der Waals surface area contributed by atoms with Gasteiger partial charge in [0.2, 0.25) is 0 Å². The van der Waals surface area contributed by atoms with Crippen LogP contribution in [0.15, 0.2) is 18.2 Å². The van der Waals surface area contributed by atoms with Crippen molar-refractivity contribution >= 4 is 0 Å². The fraction of sp³-hybridized carbons (Fsp3) is 0.571. The molecule has 1 aromatic rings. The summed E-state index contributed by atoms with van der Waals surface area (Å²) in [6, 6.07) is 6.73. The number of nitrogens with two attached hydrogens (primary N) is 1. The third-order valence-corrected chi connectivity index (χ3v) is 3.40. The van der Waals surface area contributed by atoms with Crippen molar-refractivity contribution in [2.45, 2.75) is 45.1 Å². The minimum atomic E-state index is 0.298. The van der Waals surface area contributed by atoms with Crippen LogP contribution >= 0.6 is 0 Å². The largest absolute Gasteiger partial charge is 0.494 e. The van der Waals surface area contributed by atoms with Crippen LogP contribution in [0.25, 0.3) is 0 Å². The Morgan fingerprint density at radius 3 is 2.88 bits per heavy atom. The topological polar surface area (TPSA) is 35.2 Å². The summed E-state index contributed by atoms with van der Waals surface area (Å²) in [5.74, 6) is 1.53. The first-order valence-electron chi connectivity index (χ1n) is 6.27. The van der Waals surface area contributed by atoms with E-state index in [0.717, 1.165) is 18.8 Å². The highest BCUT2D eigenvalue weighted by Crippen LogP contribution is 2.37. The number of rotatable bonds is 4. The van der Waals surface area contributed by atoms with Crippen molar-refractivity contribution < 1.29 is 4.74 Å². The van der Waals surface area contributed by atoms with Gasteiger partial charge in [-0.1, -0.05) is 19.4 Å². The normalized spacial score (nSPS) is 23.2. The third-order valence-electron chi connectivity index (χ3n) is 3.40. The van der Waals surface area contributed by atoms with E-state index in [1.165, 1.54) is 24.0 Å². The van der Waals surface area contributed by atoms with Gasteiger partial charge in [-0.25, -0.2) is 0 Å². The molecule has 2 heteroatoms. The van der Waals surface area contributed by atoms with Gasteiger partial charge in [0.15, 0.2) is 0 Å². The quantitative estimate of drug-likeness (QED) is 0.845. The van der Waals surface area contributed by atoms with Crippen LogP contribution in [0, 0.1) is 0 Å². The molecule has 0 heterocycles. The van der Waals surface area contributed by atoms with E-state index in [9.17, 15) is 0 Å². The van der Waals surface area contributed by atoms with Gasteiger partial charge in [-0.15, -0.1) is 0 Å². The molecule has 2 atom stereocenters. The van der Waals surface area contributed by atoms with Crippen LogP contribution in [-0.4, -0.2) is 12.6 Å². The molecule has 0 aliphatic heterocycles. The summed E-state index contributed by atoms with van der Waals surface area (Å²) in [4.78, 5) is 0. The average molecular weight is 219 g/mol. The molecule has 2 rings (SSSR count). The fourth-order valence-corrected chi connectivity index (χ4v) is 2.68. The molecule has 1 aliphatic carbocycles. The van der Waals surface area contributed by atoms with Gasteiger partial charge in [0, 0.05) is 6.04 Å². The van der Waals surface area contributed by atoms with E-state index in [-0.39, 0.29) is 0 Å². The summed E-state index contributed by atoms with van der Waals surface area (Å²) in [6.07, 6.45) is 3.40. The van der Waals surface area contributed by atoms with Crippen LogP contribution in [0.4, 0.5) is 0 Å². The van der Waals surface area contributed by atoms with Gasteiger partial charge in [-0.2, -0.15) is 0 Å². The van der Waals surface area contributed by atoms with Crippen LogP contribution in [0.5, 0.6) is 5.75 Å². The number of hydrogen-bond donors (Lipinski definition) is 1. The van der Waals surface area contributed by atoms with Gasteiger partial charge in [0.25, 0.3) is 0 Å². The van der Waals surface area contributed by atoms with Crippen molar-refractivity contribution in [3.05, 3.63) is 29.3 Å². The van der Waals surface area contributed by atoms with E-state index in [0.29, 0.717) is 12.0 Å². The van der Waals surface area contributed by atoms with Crippen molar-refractivity contribution in [1.29, 1.82) is 0 Å². The molecule has 88 valence electrons. The molecule has 2 N–H and O–H groups in total. The monoisotopic (exact) mass is 219 g/mol. The van der Waals surface area contributed by atoms with Crippen LogP contribution in [-0.2, 0) is 6.42 Å². The minimum Gasteiger partial charge on any atom is -0.494 e. The second-order valence-electron chi connectivity index (χ2n) is 4.56. The molecular formula is C14H21NO. The Morgan fingerprint density at radius 2 is 2.19 bits per heavy atom. The Kier molecular flexibility index (Phi) is 3.49. The van der Waals surface area contributed by atoms with Gasteiger partial charge in [0.05, 0.1) is 6.61 Å². The molecule has 1 aliphatic rings. The summed E-state index contributed by atoms with van der Waals surface area (Å²) in [6.45, 7) is 4.96. The summed E-state index contributed by atoms with van der Waals surface area (Å²) >= 11 is 0. The van der Waals surface area contributed by atoms with Gasteiger partial charge in [-0.3, -0.25) is 0 Å². The second kappa shape index (κ2) is 4.88. The predicted octanol–water partition coefficient (Wildman–Crippen LogP) is 2.85. The molecule has 0 aromatic heterocycles. The fourth-order valence-electron chi connectivity index (χ4n) is 2.68. The van der Waals surface area contributed by atoms with E-state index in [1.807, 2.05) is 6.92 Å². The van der Waals surface area contributed by atoms with E-state index in [2.05, 4.69) is 25.1 Å².